The number of rotatable bonds is 0. The van der Waals surface area contributed by atoms with E-state index in [4.69, 9.17) is 0 Å². The molecule has 72 valence electrons. The molecule has 0 spiro atoms. The molecule has 0 aliphatic heterocycles. The van der Waals surface area contributed by atoms with Gasteiger partial charge in [-0.1, -0.05) is 24.3 Å². The number of carbonyl (C=O) groups is 2. The third-order valence-corrected chi connectivity index (χ3v) is 2.83. The third kappa shape index (κ3) is 1.11. The number of hydrogen-bond acceptors (Lipinski definition) is 2. The fourth-order valence-corrected chi connectivity index (χ4v) is 2.12. The van der Waals surface area contributed by atoms with Gasteiger partial charge in [-0.3, -0.25) is 9.59 Å². The molecule has 15 heavy (non-hydrogen) atoms. The van der Waals surface area contributed by atoms with Crippen LogP contribution in [0.2, 0.25) is 0 Å². The van der Waals surface area contributed by atoms with E-state index in [2.05, 4.69) is 0 Å². The maximum atomic E-state index is 11.7. The normalized spacial score (nSPS) is 22.7. The molecule has 3 aliphatic rings. The van der Waals surface area contributed by atoms with Crippen molar-refractivity contribution in [2.45, 2.75) is 6.42 Å². The largest absolute Gasteiger partial charge is 0.294 e. The molecule has 0 amide bonds. The Morgan fingerprint density at radius 3 is 2.27 bits per heavy atom. The van der Waals surface area contributed by atoms with Crippen molar-refractivity contribution in [1.29, 1.82) is 0 Å². The Hall–Kier alpha value is -1.96. The molecule has 3 rings (SSSR count). The lowest BCUT2D eigenvalue weighted by Gasteiger charge is -2.13. The highest BCUT2D eigenvalue weighted by Gasteiger charge is 2.27. The van der Waals surface area contributed by atoms with Crippen molar-refractivity contribution in [2.24, 2.45) is 0 Å². The lowest BCUT2D eigenvalue weighted by Crippen LogP contribution is -2.10. The van der Waals surface area contributed by atoms with Crippen LogP contribution in [0.15, 0.2) is 58.7 Å². The summed E-state index contributed by atoms with van der Waals surface area (Å²) in [5, 5.41) is 0. The standard InChI is InChI=1S/C13H8O2/c14-10-5-3-8-1-2-9-4-6-12(15)11(7-10)13(8)9/h1-6H,7H2. The quantitative estimate of drug-likeness (QED) is 0.592. The van der Waals surface area contributed by atoms with Crippen molar-refractivity contribution in [3.8, 4) is 0 Å². The van der Waals surface area contributed by atoms with E-state index in [-0.39, 0.29) is 18.0 Å². The monoisotopic (exact) mass is 196 g/mol. The second kappa shape index (κ2) is 2.76. The third-order valence-electron chi connectivity index (χ3n) is 2.83. The van der Waals surface area contributed by atoms with Crippen LogP contribution >= 0.6 is 0 Å². The first-order valence-corrected chi connectivity index (χ1v) is 4.85. The van der Waals surface area contributed by atoms with Crippen LogP contribution in [-0.4, -0.2) is 11.6 Å². The van der Waals surface area contributed by atoms with Crippen molar-refractivity contribution in [3.05, 3.63) is 58.7 Å². The van der Waals surface area contributed by atoms with Crippen molar-refractivity contribution in [2.75, 3.05) is 0 Å². The zero-order chi connectivity index (χ0) is 10.4. The van der Waals surface area contributed by atoms with Gasteiger partial charge in [0.15, 0.2) is 11.6 Å². The first kappa shape index (κ1) is 8.36. The molecule has 0 bridgehead atoms. The van der Waals surface area contributed by atoms with E-state index in [0.717, 1.165) is 16.7 Å². The Morgan fingerprint density at radius 1 is 0.867 bits per heavy atom. The first-order valence-electron chi connectivity index (χ1n) is 4.85. The minimum absolute atomic E-state index is 0.00389. The first-order chi connectivity index (χ1) is 7.25. The van der Waals surface area contributed by atoms with Crippen LogP contribution < -0.4 is 0 Å². The molecular formula is C13H8O2. The van der Waals surface area contributed by atoms with Crippen LogP contribution in [0, 0.1) is 0 Å². The zero-order valence-corrected chi connectivity index (χ0v) is 7.99. The van der Waals surface area contributed by atoms with Crippen LogP contribution in [0.5, 0.6) is 0 Å². The highest BCUT2D eigenvalue weighted by atomic mass is 16.1. The average molecular weight is 196 g/mol. The fourth-order valence-electron chi connectivity index (χ4n) is 2.12. The maximum Gasteiger partial charge on any atom is 0.182 e. The van der Waals surface area contributed by atoms with Crippen molar-refractivity contribution < 1.29 is 9.59 Å². The molecule has 0 radical (unpaired) electrons. The molecule has 2 heteroatoms. The summed E-state index contributed by atoms with van der Waals surface area (Å²) in [5.41, 5.74) is 3.61. The highest BCUT2D eigenvalue weighted by molar-refractivity contribution is 6.13. The van der Waals surface area contributed by atoms with Gasteiger partial charge in [-0.05, 0) is 28.9 Å². The van der Waals surface area contributed by atoms with Gasteiger partial charge in [0, 0.05) is 12.0 Å². The number of hydrogen-bond donors (Lipinski definition) is 0. The molecule has 0 aromatic carbocycles. The average Bonchev–Trinajstić information content (AvgIpc) is 2.55. The van der Waals surface area contributed by atoms with Gasteiger partial charge in [0.05, 0.1) is 0 Å². The molecule has 0 heterocycles. The van der Waals surface area contributed by atoms with E-state index in [9.17, 15) is 9.59 Å². The van der Waals surface area contributed by atoms with Crippen molar-refractivity contribution >= 4 is 11.6 Å². The highest BCUT2D eigenvalue weighted by Crippen LogP contribution is 2.36. The van der Waals surface area contributed by atoms with Crippen molar-refractivity contribution in [1.82, 2.24) is 0 Å². The van der Waals surface area contributed by atoms with Gasteiger partial charge in [-0.15, -0.1) is 0 Å². The molecule has 0 fully saturated rings. The smallest absolute Gasteiger partial charge is 0.182 e. The molecule has 0 saturated carbocycles. The second-order valence-corrected chi connectivity index (χ2v) is 3.77. The molecule has 0 aromatic rings. The van der Waals surface area contributed by atoms with Gasteiger partial charge in [-0.25, -0.2) is 0 Å². The summed E-state index contributed by atoms with van der Waals surface area (Å²) in [6, 6.07) is 0. The van der Waals surface area contributed by atoms with Crippen LogP contribution in [0.25, 0.3) is 0 Å². The lowest BCUT2D eigenvalue weighted by atomic mass is 9.89. The number of carbonyl (C=O) groups excluding carboxylic acids is 2. The molecule has 0 atom stereocenters. The Bertz CT molecular complexity index is 537. The Balaban J connectivity index is 2.25. The molecule has 2 nitrogen and oxygen atoms in total. The van der Waals surface area contributed by atoms with E-state index in [1.165, 1.54) is 0 Å². The Kier molecular flexibility index (Phi) is 1.54. The van der Waals surface area contributed by atoms with Gasteiger partial charge in [0.25, 0.3) is 0 Å². The van der Waals surface area contributed by atoms with Crippen molar-refractivity contribution in [3.63, 3.8) is 0 Å². The Labute approximate surface area is 87.0 Å². The minimum atomic E-state index is -0.0352. The summed E-state index contributed by atoms with van der Waals surface area (Å²) >= 11 is 0. The van der Waals surface area contributed by atoms with Gasteiger partial charge in [0.1, 0.15) is 0 Å². The summed E-state index contributed by atoms with van der Waals surface area (Å²) in [7, 11) is 0. The van der Waals surface area contributed by atoms with Crippen LogP contribution in [0.3, 0.4) is 0 Å². The lowest BCUT2D eigenvalue weighted by molar-refractivity contribution is -0.116. The Morgan fingerprint density at radius 2 is 1.53 bits per heavy atom. The van der Waals surface area contributed by atoms with Gasteiger partial charge in [0.2, 0.25) is 0 Å². The summed E-state index contributed by atoms with van der Waals surface area (Å²) in [4.78, 5) is 23.1. The van der Waals surface area contributed by atoms with Gasteiger partial charge in [-0.2, -0.15) is 0 Å². The minimum Gasteiger partial charge on any atom is -0.294 e. The molecule has 0 unspecified atom stereocenters. The molecule has 3 aliphatic carbocycles. The topological polar surface area (TPSA) is 34.1 Å². The van der Waals surface area contributed by atoms with Gasteiger partial charge < -0.3 is 0 Å². The van der Waals surface area contributed by atoms with E-state index in [1.807, 2.05) is 18.2 Å². The second-order valence-electron chi connectivity index (χ2n) is 3.77. The molecule has 0 saturated heterocycles. The van der Waals surface area contributed by atoms with E-state index < -0.39 is 0 Å². The summed E-state index contributed by atoms with van der Waals surface area (Å²) in [6.07, 6.45) is 10.9. The SMILES string of the molecule is O=C1C=CC2=CC=C3C=CC(=O)C(=C23)C1. The summed E-state index contributed by atoms with van der Waals surface area (Å²) in [5.74, 6) is -0.0391. The van der Waals surface area contributed by atoms with Crippen LogP contribution in [-0.2, 0) is 9.59 Å². The molecular weight excluding hydrogens is 188 g/mol. The predicted octanol–water partition coefficient (Wildman–Crippen LogP) is 1.82. The van der Waals surface area contributed by atoms with Crippen LogP contribution in [0.4, 0.5) is 0 Å². The predicted molar refractivity (Wildman–Crippen MR) is 56.1 cm³/mol. The zero-order valence-electron chi connectivity index (χ0n) is 7.99. The van der Waals surface area contributed by atoms with E-state index in [1.54, 1.807) is 18.2 Å². The molecule has 0 N–H and O–H groups in total. The molecule has 0 aromatic heterocycles. The maximum absolute atomic E-state index is 11.7. The van der Waals surface area contributed by atoms with E-state index in [0.29, 0.717) is 5.57 Å². The number of ketones is 2. The summed E-state index contributed by atoms with van der Waals surface area (Å²) < 4.78 is 0. The summed E-state index contributed by atoms with van der Waals surface area (Å²) in [6.45, 7) is 0. The number of allylic oxidation sites excluding steroid dienone is 10. The van der Waals surface area contributed by atoms with Crippen LogP contribution in [0.1, 0.15) is 6.42 Å². The van der Waals surface area contributed by atoms with E-state index >= 15 is 0 Å². The fraction of sp³-hybridized carbons (Fsp3) is 0.0769. The van der Waals surface area contributed by atoms with Gasteiger partial charge >= 0.3 is 0 Å².